The SMILES string of the molecule is Cc1cc(C(C)Nc2nc(Cl)nnc2Cl)c(C)s1. The molecule has 4 nitrogen and oxygen atoms in total. The summed E-state index contributed by atoms with van der Waals surface area (Å²) in [5.74, 6) is 0.451. The molecular formula is C11H12Cl2N4S. The zero-order valence-corrected chi connectivity index (χ0v) is 12.5. The lowest BCUT2D eigenvalue weighted by Gasteiger charge is -2.14. The molecule has 1 unspecified atom stereocenters. The first-order chi connectivity index (χ1) is 8.47. The smallest absolute Gasteiger partial charge is 0.245 e. The van der Waals surface area contributed by atoms with Gasteiger partial charge in [-0.2, -0.15) is 4.98 Å². The quantitative estimate of drug-likeness (QED) is 0.930. The average Bonchev–Trinajstić information content (AvgIpc) is 2.63. The Morgan fingerprint density at radius 2 is 2.00 bits per heavy atom. The first kappa shape index (κ1) is 13.5. The number of hydrogen-bond donors (Lipinski definition) is 1. The molecule has 0 spiro atoms. The minimum absolute atomic E-state index is 0.0762. The zero-order valence-electron chi connectivity index (χ0n) is 10.2. The number of thiophene rings is 1. The van der Waals surface area contributed by atoms with Crippen molar-refractivity contribution in [3.8, 4) is 0 Å². The van der Waals surface area contributed by atoms with Crippen LogP contribution in [0, 0.1) is 13.8 Å². The van der Waals surface area contributed by atoms with Crippen LogP contribution >= 0.6 is 34.5 Å². The maximum atomic E-state index is 5.92. The molecule has 1 atom stereocenters. The topological polar surface area (TPSA) is 50.7 Å². The largest absolute Gasteiger partial charge is 0.361 e. The Morgan fingerprint density at radius 3 is 2.61 bits per heavy atom. The van der Waals surface area contributed by atoms with Gasteiger partial charge in [0.2, 0.25) is 5.28 Å². The molecule has 0 aliphatic carbocycles. The van der Waals surface area contributed by atoms with Crippen LogP contribution in [-0.4, -0.2) is 15.2 Å². The van der Waals surface area contributed by atoms with Gasteiger partial charge in [-0.15, -0.1) is 21.5 Å². The van der Waals surface area contributed by atoms with Gasteiger partial charge < -0.3 is 5.32 Å². The molecule has 96 valence electrons. The van der Waals surface area contributed by atoms with E-state index in [0.717, 1.165) is 0 Å². The van der Waals surface area contributed by atoms with Gasteiger partial charge >= 0.3 is 0 Å². The van der Waals surface area contributed by atoms with Gasteiger partial charge in [0.1, 0.15) is 0 Å². The van der Waals surface area contributed by atoms with Gasteiger partial charge in [-0.1, -0.05) is 11.6 Å². The predicted octanol–water partition coefficient (Wildman–Crippen LogP) is 4.03. The van der Waals surface area contributed by atoms with E-state index < -0.39 is 0 Å². The third-order valence-electron chi connectivity index (χ3n) is 2.52. The van der Waals surface area contributed by atoms with Crippen molar-refractivity contribution in [2.24, 2.45) is 0 Å². The number of rotatable bonds is 3. The molecule has 18 heavy (non-hydrogen) atoms. The van der Waals surface area contributed by atoms with Crippen LogP contribution in [-0.2, 0) is 0 Å². The fourth-order valence-electron chi connectivity index (χ4n) is 1.75. The molecule has 2 aromatic rings. The van der Waals surface area contributed by atoms with Crippen molar-refractivity contribution in [3.05, 3.63) is 31.8 Å². The van der Waals surface area contributed by atoms with E-state index in [4.69, 9.17) is 23.2 Å². The Balaban J connectivity index is 2.23. The van der Waals surface area contributed by atoms with Crippen LogP contribution < -0.4 is 5.32 Å². The van der Waals surface area contributed by atoms with Gasteiger partial charge in [0.15, 0.2) is 11.0 Å². The summed E-state index contributed by atoms with van der Waals surface area (Å²) in [6.07, 6.45) is 0. The van der Waals surface area contributed by atoms with Gasteiger partial charge in [-0.25, -0.2) is 0 Å². The Morgan fingerprint density at radius 1 is 1.28 bits per heavy atom. The van der Waals surface area contributed by atoms with E-state index in [1.165, 1.54) is 15.3 Å². The van der Waals surface area contributed by atoms with Gasteiger partial charge in [0, 0.05) is 9.75 Å². The lowest BCUT2D eigenvalue weighted by molar-refractivity contribution is 0.856. The molecule has 0 bridgehead atoms. The molecular weight excluding hydrogens is 291 g/mol. The molecule has 0 aromatic carbocycles. The number of halogens is 2. The minimum Gasteiger partial charge on any atom is -0.361 e. The summed E-state index contributed by atoms with van der Waals surface area (Å²) in [6.45, 7) is 6.23. The Bertz CT molecular complexity index is 570. The standard InChI is InChI=1S/C11H12Cl2N4S/c1-5-4-8(7(3)18-5)6(2)14-10-9(12)16-17-11(13)15-10/h4,6H,1-3H3,(H,14,15,17). The summed E-state index contributed by atoms with van der Waals surface area (Å²) >= 11 is 13.4. The number of aromatic nitrogens is 3. The molecule has 0 radical (unpaired) electrons. The van der Waals surface area contributed by atoms with E-state index in [1.807, 2.05) is 6.92 Å². The monoisotopic (exact) mass is 302 g/mol. The molecule has 0 aliphatic heterocycles. The van der Waals surface area contributed by atoms with Crippen molar-refractivity contribution < 1.29 is 0 Å². The number of nitrogens with one attached hydrogen (secondary N) is 1. The summed E-state index contributed by atoms with van der Waals surface area (Å²) in [5.41, 5.74) is 1.23. The van der Waals surface area contributed by atoms with E-state index in [-0.39, 0.29) is 16.5 Å². The second kappa shape index (κ2) is 5.38. The fraction of sp³-hybridized carbons (Fsp3) is 0.364. The molecule has 2 heterocycles. The molecule has 2 rings (SSSR count). The lowest BCUT2D eigenvalue weighted by Crippen LogP contribution is -2.09. The summed E-state index contributed by atoms with van der Waals surface area (Å²) < 4.78 is 0. The van der Waals surface area contributed by atoms with Crippen LogP contribution in [0.5, 0.6) is 0 Å². The Kier molecular flexibility index (Phi) is 4.04. The molecule has 0 saturated carbocycles. The second-order valence-corrected chi connectivity index (χ2v) is 6.11. The van der Waals surface area contributed by atoms with E-state index in [9.17, 15) is 0 Å². The maximum absolute atomic E-state index is 5.92. The highest BCUT2D eigenvalue weighted by atomic mass is 35.5. The van der Waals surface area contributed by atoms with Crippen LogP contribution in [0.15, 0.2) is 6.07 Å². The molecule has 0 amide bonds. The minimum atomic E-state index is 0.0762. The fourth-order valence-corrected chi connectivity index (χ4v) is 3.03. The van der Waals surface area contributed by atoms with Crippen molar-refractivity contribution in [1.82, 2.24) is 15.2 Å². The first-order valence-electron chi connectivity index (χ1n) is 5.36. The summed E-state index contributed by atoms with van der Waals surface area (Å²) in [5, 5.41) is 10.8. The van der Waals surface area contributed by atoms with Crippen molar-refractivity contribution >= 4 is 40.4 Å². The van der Waals surface area contributed by atoms with Crippen LogP contribution in [0.4, 0.5) is 5.82 Å². The van der Waals surface area contributed by atoms with Crippen LogP contribution in [0.2, 0.25) is 10.4 Å². The molecule has 2 aromatic heterocycles. The maximum Gasteiger partial charge on any atom is 0.245 e. The van der Waals surface area contributed by atoms with Crippen molar-refractivity contribution in [3.63, 3.8) is 0 Å². The van der Waals surface area contributed by atoms with Crippen LogP contribution in [0.1, 0.15) is 28.3 Å². The molecule has 0 aliphatic rings. The van der Waals surface area contributed by atoms with Gasteiger partial charge in [0.25, 0.3) is 0 Å². The molecule has 0 fully saturated rings. The normalized spacial score (nSPS) is 12.5. The Labute approximate surface area is 119 Å². The highest BCUT2D eigenvalue weighted by Crippen LogP contribution is 2.29. The van der Waals surface area contributed by atoms with Crippen LogP contribution in [0.25, 0.3) is 0 Å². The van der Waals surface area contributed by atoms with E-state index in [2.05, 4.69) is 40.4 Å². The predicted molar refractivity (Wildman–Crippen MR) is 75.7 cm³/mol. The Hall–Kier alpha value is -0.910. The number of aryl methyl sites for hydroxylation is 2. The van der Waals surface area contributed by atoms with E-state index >= 15 is 0 Å². The summed E-state index contributed by atoms with van der Waals surface area (Å²) in [4.78, 5) is 6.58. The van der Waals surface area contributed by atoms with Gasteiger partial charge in [-0.05, 0) is 44.0 Å². The summed E-state index contributed by atoms with van der Waals surface area (Å²) in [6, 6.07) is 2.24. The average molecular weight is 303 g/mol. The van der Waals surface area contributed by atoms with E-state index in [0.29, 0.717) is 5.82 Å². The number of anilines is 1. The first-order valence-corrected chi connectivity index (χ1v) is 6.94. The van der Waals surface area contributed by atoms with Gasteiger partial charge in [0.05, 0.1) is 6.04 Å². The third kappa shape index (κ3) is 2.91. The molecule has 7 heteroatoms. The number of hydrogen-bond acceptors (Lipinski definition) is 5. The van der Waals surface area contributed by atoms with Gasteiger partial charge in [-0.3, -0.25) is 0 Å². The third-order valence-corrected chi connectivity index (χ3v) is 3.92. The molecule has 0 saturated heterocycles. The zero-order chi connectivity index (χ0) is 13.3. The van der Waals surface area contributed by atoms with Crippen molar-refractivity contribution in [2.75, 3.05) is 5.32 Å². The van der Waals surface area contributed by atoms with Crippen molar-refractivity contribution in [2.45, 2.75) is 26.8 Å². The second-order valence-electron chi connectivity index (χ2n) is 3.95. The highest BCUT2D eigenvalue weighted by Gasteiger charge is 2.14. The van der Waals surface area contributed by atoms with Crippen molar-refractivity contribution in [1.29, 1.82) is 0 Å². The highest BCUT2D eigenvalue weighted by molar-refractivity contribution is 7.12. The number of nitrogens with zero attached hydrogens (tertiary/aromatic N) is 3. The lowest BCUT2D eigenvalue weighted by atomic mass is 10.1. The van der Waals surface area contributed by atoms with Crippen LogP contribution in [0.3, 0.4) is 0 Å². The molecule has 1 N–H and O–H groups in total. The summed E-state index contributed by atoms with van der Waals surface area (Å²) in [7, 11) is 0. The van der Waals surface area contributed by atoms with E-state index in [1.54, 1.807) is 11.3 Å².